The van der Waals surface area contributed by atoms with E-state index in [0.717, 1.165) is 17.7 Å². The lowest BCUT2D eigenvalue weighted by Crippen LogP contribution is -2.11. The van der Waals surface area contributed by atoms with Gasteiger partial charge in [0.1, 0.15) is 18.1 Å². The molecule has 132 valence electrons. The van der Waals surface area contributed by atoms with E-state index < -0.39 is 6.16 Å². The maximum absolute atomic E-state index is 11.6. The maximum Gasteiger partial charge on any atom is 0.513 e. The van der Waals surface area contributed by atoms with Crippen molar-refractivity contribution in [2.75, 3.05) is 7.11 Å². The second kappa shape index (κ2) is 7.60. The first kappa shape index (κ1) is 17.3. The van der Waals surface area contributed by atoms with Gasteiger partial charge in [0.25, 0.3) is 0 Å². The standard InChI is InChI=1S/C21H24O4/c1-4-15-12-14(2)8-11-19(15)24-13-18-17(16-9-10-16)6-5-7-20(18)25-21(22)23-3/h5-8,11-12,16H,4,9-10,13H2,1-3H3. The highest BCUT2D eigenvalue weighted by Gasteiger charge is 2.28. The van der Waals surface area contributed by atoms with Gasteiger partial charge in [-0.05, 0) is 55.4 Å². The van der Waals surface area contributed by atoms with E-state index in [0.29, 0.717) is 18.3 Å². The van der Waals surface area contributed by atoms with Gasteiger partial charge in [-0.15, -0.1) is 0 Å². The number of carbonyl (C=O) groups is 1. The summed E-state index contributed by atoms with van der Waals surface area (Å²) in [5, 5.41) is 0. The van der Waals surface area contributed by atoms with E-state index in [-0.39, 0.29) is 0 Å². The molecule has 0 atom stereocenters. The lowest BCUT2D eigenvalue weighted by atomic mass is 10.0. The zero-order valence-electron chi connectivity index (χ0n) is 15.0. The minimum Gasteiger partial charge on any atom is -0.488 e. The number of carbonyl (C=O) groups excluding carboxylic acids is 1. The quantitative estimate of drug-likeness (QED) is 0.538. The smallest absolute Gasteiger partial charge is 0.488 e. The van der Waals surface area contributed by atoms with Crippen molar-refractivity contribution >= 4 is 6.16 Å². The van der Waals surface area contributed by atoms with Crippen LogP contribution in [0.3, 0.4) is 0 Å². The summed E-state index contributed by atoms with van der Waals surface area (Å²) in [7, 11) is 1.31. The Kier molecular flexibility index (Phi) is 5.27. The third kappa shape index (κ3) is 4.13. The van der Waals surface area contributed by atoms with Gasteiger partial charge in [0.15, 0.2) is 0 Å². The Bertz CT molecular complexity index is 762. The number of rotatable bonds is 6. The van der Waals surface area contributed by atoms with E-state index in [9.17, 15) is 4.79 Å². The van der Waals surface area contributed by atoms with Crippen LogP contribution >= 0.6 is 0 Å². The first-order chi connectivity index (χ1) is 12.1. The lowest BCUT2D eigenvalue weighted by molar-refractivity contribution is 0.120. The number of aryl methyl sites for hydroxylation is 2. The van der Waals surface area contributed by atoms with Crippen LogP contribution in [-0.4, -0.2) is 13.3 Å². The summed E-state index contributed by atoms with van der Waals surface area (Å²) in [6, 6.07) is 12.0. The van der Waals surface area contributed by atoms with Gasteiger partial charge in [-0.1, -0.05) is 36.8 Å². The van der Waals surface area contributed by atoms with E-state index in [1.807, 2.05) is 18.2 Å². The molecule has 4 nitrogen and oxygen atoms in total. The summed E-state index contributed by atoms with van der Waals surface area (Å²) in [4.78, 5) is 11.6. The number of hydrogen-bond acceptors (Lipinski definition) is 4. The molecule has 1 aliphatic carbocycles. The summed E-state index contributed by atoms with van der Waals surface area (Å²) < 4.78 is 16.1. The third-order valence-electron chi connectivity index (χ3n) is 4.52. The zero-order valence-corrected chi connectivity index (χ0v) is 15.0. The average molecular weight is 340 g/mol. The van der Waals surface area contributed by atoms with Crippen LogP contribution in [0.4, 0.5) is 4.79 Å². The molecule has 0 spiro atoms. The highest BCUT2D eigenvalue weighted by Crippen LogP contribution is 2.44. The van der Waals surface area contributed by atoms with Crippen molar-refractivity contribution in [2.45, 2.75) is 45.6 Å². The van der Waals surface area contributed by atoms with Crippen LogP contribution in [0.1, 0.15) is 47.9 Å². The molecule has 0 saturated heterocycles. The van der Waals surface area contributed by atoms with Crippen LogP contribution < -0.4 is 9.47 Å². The molecule has 2 aromatic rings. The molecule has 2 aromatic carbocycles. The summed E-state index contributed by atoms with van der Waals surface area (Å²) in [6.07, 6.45) is 2.53. The van der Waals surface area contributed by atoms with Gasteiger partial charge in [0.2, 0.25) is 0 Å². The molecule has 3 rings (SSSR count). The molecule has 1 aliphatic rings. The van der Waals surface area contributed by atoms with E-state index in [1.54, 1.807) is 6.07 Å². The molecule has 1 fully saturated rings. The highest BCUT2D eigenvalue weighted by molar-refractivity contribution is 5.65. The van der Waals surface area contributed by atoms with Gasteiger partial charge < -0.3 is 14.2 Å². The predicted octanol–water partition coefficient (Wildman–Crippen LogP) is 5.16. The SMILES string of the molecule is CCc1cc(C)ccc1OCc1c(OC(=O)OC)cccc1C1CC1. The number of benzene rings is 2. The molecule has 0 amide bonds. The monoisotopic (exact) mass is 340 g/mol. The van der Waals surface area contributed by atoms with Crippen LogP contribution in [0.25, 0.3) is 0 Å². The Labute approximate surface area is 148 Å². The summed E-state index contributed by atoms with van der Waals surface area (Å²) in [6.45, 7) is 4.56. The lowest BCUT2D eigenvalue weighted by Gasteiger charge is -2.16. The molecule has 0 N–H and O–H groups in total. The molecule has 0 aliphatic heterocycles. The van der Waals surface area contributed by atoms with Crippen molar-refractivity contribution < 1.29 is 19.0 Å². The average Bonchev–Trinajstić information content (AvgIpc) is 3.46. The minimum atomic E-state index is -0.709. The summed E-state index contributed by atoms with van der Waals surface area (Å²) in [5.74, 6) is 1.92. The largest absolute Gasteiger partial charge is 0.513 e. The minimum absolute atomic E-state index is 0.370. The molecule has 0 radical (unpaired) electrons. The second-order valence-corrected chi connectivity index (χ2v) is 6.41. The van der Waals surface area contributed by atoms with Crippen molar-refractivity contribution in [2.24, 2.45) is 0 Å². The Balaban J connectivity index is 1.86. The van der Waals surface area contributed by atoms with E-state index >= 15 is 0 Å². The molecule has 0 bridgehead atoms. The van der Waals surface area contributed by atoms with Gasteiger partial charge >= 0.3 is 6.16 Å². The Morgan fingerprint density at radius 2 is 1.96 bits per heavy atom. The first-order valence-corrected chi connectivity index (χ1v) is 8.72. The number of methoxy groups -OCH3 is 1. The van der Waals surface area contributed by atoms with Gasteiger partial charge in [-0.2, -0.15) is 0 Å². The molecule has 25 heavy (non-hydrogen) atoms. The second-order valence-electron chi connectivity index (χ2n) is 6.41. The van der Waals surface area contributed by atoms with Gasteiger partial charge in [0.05, 0.1) is 7.11 Å². The van der Waals surface area contributed by atoms with Gasteiger partial charge in [-0.3, -0.25) is 0 Å². The summed E-state index contributed by atoms with van der Waals surface area (Å²) >= 11 is 0. The van der Waals surface area contributed by atoms with Crippen molar-refractivity contribution in [3.8, 4) is 11.5 Å². The third-order valence-corrected chi connectivity index (χ3v) is 4.52. The van der Waals surface area contributed by atoms with Crippen molar-refractivity contribution in [3.63, 3.8) is 0 Å². The maximum atomic E-state index is 11.6. The Morgan fingerprint density at radius 1 is 1.16 bits per heavy atom. The van der Waals surface area contributed by atoms with E-state index in [4.69, 9.17) is 9.47 Å². The molecule has 0 unspecified atom stereocenters. The fourth-order valence-electron chi connectivity index (χ4n) is 3.02. The topological polar surface area (TPSA) is 44.8 Å². The predicted molar refractivity (Wildman–Crippen MR) is 96.3 cm³/mol. The highest BCUT2D eigenvalue weighted by atomic mass is 16.7. The van der Waals surface area contributed by atoms with Crippen LogP contribution in [0.2, 0.25) is 0 Å². The van der Waals surface area contributed by atoms with Crippen LogP contribution in [0, 0.1) is 6.92 Å². The fourth-order valence-corrected chi connectivity index (χ4v) is 3.02. The van der Waals surface area contributed by atoms with Crippen molar-refractivity contribution in [1.29, 1.82) is 0 Å². The number of hydrogen-bond donors (Lipinski definition) is 0. The molecule has 4 heteroatoms. The van der Waals surface area contributed by atoms with Crippen molar-refractivity contribution in [1.82, 2.24) is 0 Å². The normalized spacial score (nSPS) is 13.4. The van der Waals surface area contributed by atoms with Crippen LogP contribution in [0.5, 0.6) is 11.5 Å². The molecule has 0 aromatic heterocycles. The molecular formula is C21H24O4. The Morgan fingerprint density at radius 3 is 2.64 bits per heavy atom. The van der Waals surface area contributed by atoms with Crippen LogP contribution in [-0.2, 0) is 17.8 Å². The van der Waals surface area contributed by atoms with E-state index in [1.165, 1.54) is 36.6 Å². The molecular weight excluding hydrogens is 316 g/mol. The number of ether oxygens (including phenoxy) is 3. The Hall–Kier alpha value is -2.49. The van der Waals surface area contributed by atoms with Gasteiger partial charge in [-0.25, -0.2) is 4.79 Å². The first-order valence-electron chi connectivity index (χ1n) is 8.72. The fraction of sp³-hybridized carbons (Fsp3) is 0.381. The van der Waals surface area contributed by atoms with Crippen LogP contribution in [0.15, 0.2) is 36.4 Å². The van der Waals surface area contributed by atoms with Gasteiger partial charge in [0, 0.05) is 5.56 Å². The zero-order chi connectivity index (χ0) is 17.8. The molecule has 1 saturated carbocycles. The summed E-state index contributed by atoms with van der Waals surface area (Å²) in [5.41, 5.74) is 4.53. The molecule has 0 heterocycles. The van der Waals surface area contributed by atoms with Crippen molar-refractivity contribution in [3.05, 3.63) is 58.7 Å². The van der Waals surface area contributed by atoms with E-state index in [2.05, 4.69) is 30.7 Å².